The lowest BCUT2D eigenvalue weighted by atomic mass is 9.78. The Morgan fingerprint density at radius 1 is 1.06 bits per heavy atom. The summed E-state index contributed by atoms with van der Waals surface area (Å²) in [5.41, 5.74) is -1.18. The number of hydrogen-bond donors (Lipinski definition) is 1. The summed E-state index contributed by atoms with van der Waals surface area (Å²) in [6, 6.07) is -0.798. The number of hydrogen-bond acceptors (Lipinski definition) is 6. The number of amides is 2. The molecular weight excluding hydrogens is 436 g/mol. The van der Waals surface area contributed by atoms with Gasteiger partial charge in [0.15, 0.2) is 0 Å². The van der Waals surface area contributed by atoms with Gasteiger partial charge in [0.25, 0.3) is 0 Å². The van der Waals surface area contributed by atoms with Crippen LogP contribution in [0.5, 0.6) is 0 Å². The van der Waals surface area contributed by atoms with Crippen molar-refractivity contribution in [3.05, 3.63) is 24.3 Å². The molecule has 34 heavy (non-hydrogen) atoms. The lowest BCUT2D eigenvalue weighted by Crippen LogP contribution is -2.55. The van der Waals surface area contributed by atoms with E-state index in [1.807, 2.05) is 29.2 Å². The van der Waals surface area contributed by atoms with E-state index in [1.54, 1.807) is 4.90 Å². The van der Waals surface area contributed by atoms with Gasteiger partial charge in [-0.2, -0.15) is 0 Å². The number of esters is 1. The number of carbonyl (C=O) groups is 3. The highest BCUT2D eigenvalue weighted by Crippen LogP contribution is 2.53. The van der Waals surface area contributed by atoms with Gasteiger partial charge in [-0.1, -0.05) is 37.6 Å². The first-order valence-electron chi connectivity index (χ1n) is 12.9. The van der Waals surface area contributed by atoms with Crippen LogP contribution in [0.25, 0.3) is 0 Å². The lowest BCUT2D eigenvalue weighted by molar-refractivity contribution is -0.155. The summed E-state index contributed by atoms with van der Waals surface area (Å²) < 4.78 is 12.2. The molecule has 2 amide bonds. The Morgan fingerprint density at radius 3 is 2.71 bits per heavy atom. The van der Waals surface area contributed by atoms with Gasteiger partial charge in [0.1, 0.15) is 17.6 Å². The highest BCUT2D eigenvalue weighted by Gasteiger charge is 2.71. The summed E-state index contributed by atoms with van der Waals surface area (Å²) in [5.74, 6) is -2.30. The van der Waals surface area contributed by atoms with Gasteiger partial charge in [-0.15, -0.1) is 0 Å². The molecule has 0 aromatic rings. The summed E-state index contributed by atoms with van der Waals surface area (Å²) in [7, 11) is 0. The summed E-state index contributed by atoms with van der Waals surface area (Å²) in [6.45, 7) is 4.00. The molecule has 188 valence electrons. The Labute approximate surface area is 201 Å². The smallest absolute Gasteiger partial charge is 0.312 e. The fraction of sp³-hybridized carbons (Fsp3) is 0.731. The van der Waals surface area contributed by atoms with Crippen LogP contribution in [0.1, 0.15) is 58.3 Å². The van der Waals surface area contributed by atoms with Crippen molar-refractivity contribution in [1.29, 1.82) is 0 Å². The van der Waals surface area contributed by atoms with Crippen molar-refractivity contribution in [3.8, 4) is 0 Å². The van der Waals surface area contributed by atoms with E-state index >= 15 is 0 Å². The maximum absolute atomic E-state index is 13.9. The lowest BCUT2D eigenvalue weighted by Gasteiger charge is -2.35. The summed E-state index contributed by atoms with van der Waals surface area (Å²) in [4.78, 5) is 44.4. The van der Waals surface area contributed by atoms with Gasteiger partial charge in [0.05, 0.1) is 18.6 Å². The normalized spacial score (nSPS) is 34.4. The molecule has 0 aromatic heterocycles. The molecule has 2 fully saturated rings. The second-order valence-corrected chi connectivity index (χ2v) is 9.79. The predicted molar refractivity (Wildman–Crippen MR) is 126 cm³/mol. The third-order valence-corrected chi connectivity index (χ3v) is 7.52. The Bertz CT molecular complexity index is 826. The molecule has 8 heteroatoms. The Balaban J connectivity index is 1.72. The average molecular weight is 475 g/mol. The zero-order valence-corrected chi connectivity index (χ0v) is 20.2. The zero-order chi connectivity index (χ0) is 24.1. The Hall–Kier alpha value is -2.19. The molecule has 8 nitrogen and oxygen atoms in total. The van der Waals surface area contributed by atoms with Gasteiger partial charge < -0.3 is 24.4 Å². The SMILES string of the molecule is CCCCN1CC=C[C@]23O[C@H]4/C=C\CCCCOC(=O)[C@H]4[C@H]2C(=O)N(CCCCCO)C3C1=O. The van der Waals surface area contributed by atoms with Crippen LogP contribution in [0.15, 0.2) is 24.3 Å². The number of ether oxygens (including phenoxy) is 2. The van der Waals surface area contributed by atoms with E-state index in [0.717, 1.165) is 38.5 Å². The van der Waals surface area contributed by atoms with E-state index in [9.17, 15) is 14.4 Å². The first kappa shape index (κ1) is 24.9. The summed E-state index contributed by atoms with van der Waals surface area (Å²) in [6.07, 6.45) is 13.6. The van der Waals surface area contributed by atoms with Crippen molar-refractivity contribution in [2.45, 2.75) is 76.0 Å². The summed E-state index contributed by atoms with van der Waals surface area (Å²) in [5, 5.41) is 9.15. The largest absolute Gasteiger partial charge is 0.465 e. The number of cyclic esters (lactones) is 1. The number of allylic oxidation sites excluding steroid dienone is 1. The molecule has 1 spiro atoms. The van der Waals surface area contributed by atoms with Crippen LogP contribution < -0.4 is 0 Å². The van der Waals surface area contributed by atoms with Gasteiger partial charge >= 0.3 is 5.97 Å². The number of unbranched alkanes of at least 4 members (excludes halogenated alkanes) is 3. The molecule has 0 aromatic carbocycles. The van der Waals surface area contributed by atoms with Crippen LogP contribution in [0.2, 0.25) is 0 Å². The molecule has 4 aliphatic heterocycles. The maximum Gasteiger partial charge on any atom is 0.312 e. The van der Waals surface area contributed by atoms with Gasteiger partial charge in [-0.25, -0.2) is 0 Å². The van der Waals surface area contributed by atoms with Gasteiger partial charge in [0, 0.05) is 26.2 Å². The third kappa shape index (κ3) is 4.54. The van der Waals surface area contributed by atoms with Gasteiger partial charge in [0.2, 0.25) is 11.8 Å². The van der Waals surface area contributed by atoms with Crippen LogP contribution in [-0.2, 0) is 23.9 Å². The van der Waals surface area contributed by atoms with Crippen LogP contribution in [0.3, 0.4) is 0 Å². The van der Waals surface area contributed by atoms with Crippen molar-refractivity contribution in [2.24, 2.45) is 11.8 Å². The van der Waals surface area contributed by atoms with Crippen molar-refractivity contribution < 1.29 is 29.0 Å². The van der Waals surface area contributed by atoms with E-state index in [4.69, 9.17) is 14.6 Å². The second-order valence-electron chi connectivity index (χ2n) is 9.79. The first-order chi connectivity index (χ1) is 16.5. The second kappa shape index (κ2) is 11.0. The topological polar surface area (TPSA) is 96.4 Å². The number of rotatable bonds is 8. The van der Waals surface area contributed by atoms with E-state index in [-0.39, 0.29) is 18.4 Å². The average Bonchev–Trinajstić information content (AvgIpc) is 3.21. The monoisotopic (exact) mass is 474 g/mol. The van der Waals surface area contributed by atoms with E-state index in [0.29, 0.717) is 39.1 Å². The highest BCUT2D eigenvalue weighted by atomic mass is 16.6. The quantitative estimate of drug-likeness (QED) is 0.329. The molecule has 2 saturated heterocycles. The highest BCUT2D eigenvalue weighted by molar-refractivity contribution is 5.99. The van der Waals surface area contributed by atoms with Gasteiger partial charge in [-0.3, -0.25) is 14.4 Å². The number of carbonyl (C=O) groups excluding carboxylic acids is 3. The first-order valence-corrected chi connectivity index (χ1v) is 12.9. The minimum absolute atomic E-state index is 0.0987. The van der Waals surface area contributed by atoms with Crippen LogP contribution in [0.4, 0.5) is 0 Å². The minimum Gasteiger partial charge on any atom is -0.465 e. The van der Waals surface area contributed by atoms with Gasteiger partial charge in [-0.05, 0) is 44.9 Å². The molecule has 0 saturated carbocycles. The maximum atomic E-state index is 13.9. The third-order valence-electron chi connectivity index (χ3n) is 7.52. The van der Waals surface area contributed by atoms with Crippen LogP contribution >= 0.6 is 0 Å². The molecule has 4 aliphatic rings. The van der Waals surface area contributed by atoms with E-state index in [2.05, 4.69) is 6.92 Å². The molecule has 5 atom stereocenters. The standard InChI is InChI=1S/C26H38N2O6/c1-2-3-14-27-15-11-13-26-21(20-19(34-26)12-7-4-5-10-18-33-25(20)32)23(30)28(22(26)24(27)31)16-8-6-9-17-29/h7,11-13,19-22,29H,2-6,8-10,14-18H2,1H3/b12-7-/t19-,20+,21-,22?,26-/m0/s1. The number of nitrogens with zero attached hydrogens (tertiary/aromatic N) is 2. The van der Waals surface area contributed by atoms with E-state index in [1.165, 1.54) is 0 Å². The van der Waals surface area contributed by atoms with Crippen molar-refractivity contribution in [2.75, 3.05) is 32.8 Å². The van der Waals surface area contributed by atoms with Crippen molar-refractivity contribution in [3.63, 3.8) is 0 Å². The molecule has 1 unspecified atom stereocenters. The molecule has 0 radical (unpaired) electrons. The number of aliphatic hydroxyl groups is 1. The summed E-state index contributed by atoms with van der Waals surface area (Å²) >= 11 is 0. The van der Waals surface area contributed by atoms with Crippen molar-refractivity contribution in [1.82, 2.24) is 9.80 Å². The molecule has 4 rings (SSSR count). The Morgan fingerprint density at radius 2 is 1.91 bits per heavy atom. The number of aliphatic hydroxyl groups excluding tert-OH is 1. The molecule has 4 heterocycles. The number of likely N-dealkylation sites (tertiary alicyclic amines) is 1. The molecule has 1 N–H and O–H groups in total. The van der Waals surface area contributed by atoms with Crippen molar-refractivity contribution >= 4 is 17.8 Å². The van der Waals surface area contributed by atoms with Crippen LogP contribution in [0, 0.1) is 11.8 Å². The minimum atomic E-state index is -1.18. The van der Waals surface area contributed by atoms with Crippen LogP contribution in [-0.4, -0.2) is 83.3 Å². The predicted octanol–water partition coefficient (Wildman–Crippen LogP) is 2.21. The fourth-order valence-corrected chi connectivity index (χ4v) is 5.82. The zero-order valence-electron chi connectivity index (χ0n) is 20.2. The van der Waals surface area contributed by atoms with E-state index < -0.39 is 35.6 Å². The Kier molecular flexibility index (Phi) is 8.09. The molecular formula is C26H38N2O6. The number of fused-ring (bicyclic) bond motifs is 2. The fourth-order valence-electron chi connectivity index (χ4n) is 5.82. The molecule has 0 aliphatic carbocycles. The molecule has 0 bridgehead atoms.